The number of methoxy groups -OCH3 is 1. The monoisotopic (exact) mass is 378 g/mol. The number of amides is 1. The number of anilines is 2. The molecule has 0 aliphatic heterocycles. The maximum Gasteiger partial charge on any atom is 0.224 e. The molecule has 0 saturated carbocycles. The SMILES string of the molecule is COC(C)CCC(=O)Nc1c(N)cc(Br)cc1Br. The van der Waals surface area contributed by atoms with Gasteiger partial charge in [-0.25, -0.2) is 0 Å². The molecule has 0 spiro atoms. The number of hydrogen-bond donors (Lipinski definition) is 2. The second-order valence-corrected chi connectivity index (χ2v) is 5.76. The Morgan fingerprint density at radius 1 is 1.50 bits per heavy atom. The number of rotatable bonds is 5. The van der Waals surface area contributed by atoms with Gasteiger partial charge in [0.25, 0.3) is 0 Å². The summed E-state index contributed by atoms with van der Waals surface area (Å²) in [6, 6.07) is 3.59. The molecule has 0 heterocycles. The molecule has 100 valence electrons. The number of carbonyl (C=O) groups is 1. The molecular formula is C12H16Br2N2O2. The predicted octanol–water partition coefficient (Wildman–Crippen LogP) is 3.55. The first-order chi connectivity index (χ1) is 8.43. The Kier molecular flexibility index (Phi) is 6.11. The lowest BCUT2D eigenvalue weighted by atomic mass is 10.2. The summed E-state index contributed by atoms with van der Waals surface area (Å²) in [5, 5.41) is 2.80. The Balaban J connectivity index is 2.65. The number of hydrogen-bond acceptors (Lipinski definition) is 3. The highest BCUT2D eigenvalue weighted by atomic mass is 79.9. The van der Waals surface area contributed by atoms with Crippen molar-refractivity contribution in [3.63, 3.8) is 0 Å². The molecule has 1 aromatic carbocycles. The summed E-state index contributed by atoms with van der Waals surface area (Å²) >= 11 is 6.70. The van der Waals surface area contributed by atoms with Gasteiger partial charge in [0.2, 0.25) is 5.91 Å². The first-order valence-electron chi connectivity index (χ1n) is 5.51. The Morgan fingerprint density at radius 3 is 2.72 bits per heavy atom. The van der Waals surface area contributed by atoms with Crippen molar-refractivity contribution in [3.05, 3.63) is 21.1 Å². The smallest absolute Gasteiger partial charge is 0.224 e. The number of nitrogen functional groups attached to an aromatic ring is 1. The van der Waals surface area contributed by atoms with E-state index in [-0.39, 0.29) is 12.0 Å². The molecule has 1 rings (SSSR count). The van der Waals surface area contributed by atoms with Crippen LogP contribution >= 0.6 is 31.9 Å². The zero-order valence-corrected chi connectivity index (χ0v) is 13.5. The predicted molar refractivity (Wildman–Crippen MR) is 80.6 cm³/mol. The topological polar surface area (TPSA) is 64.3 Å². The van der Waals surface area contributed by atoms with Crippen molar-refractivity contribution in [3.8, 4) is 0 Å². The van der Waals surface area contributed by atoms with Gasteiger partial charge in [0.1, 0.15) is 0 Å². The average molecular weight is 380 g/mol. The molecule has 0 aliphatic carbocycles. The molecule has 6 heteroatoms. The van der Waals surface area contributed by atoms with E-state index >= 15 is 0 Å². The number of carbonyl (C=O) groups excluding carboxylic acids is 1. The summed E-state index contributed by atoms with van der Waals surface area (Å²) in [4.78, 5) is 11.8. The fourth-order valence-electron chi connectivity index (χ4n) is 1.38. The van der Waals surface area contributed by atoms with Gasteiger partial charge in [0.15, 0.2) is 0 Å². The van der Waals surface area contributed by atoms with E-state index in [0.29, 0.717) is 24.2 Å². The van der Waals surface area contributed by atoms with Gasteiger partial charge >= 0.3 is 0 Å². The Labute approximate surface area is 124 Å². The second-order valence-electron chi connectivity index (χ2n) is 3.99. The third-order valence-electron chi connectivity index (χ3n) is 2.53. The van der Waals surface area contributed by atoms with Crippen molar-refractivity contribution >= 4 is 49.1 Å². The lowest BCUT2D eigenvalue weighted by molar-refractivity contribution is -0.116. The number of halogens is 2. The molecule has 0 radical (unpaired) electrons. The zero-order chi connectivity index (χ0) is 13.7. The van der Waals surface area contributed by atoms with Crippen molar-refractivity contribution in [1.29, 1.82) is 0 Å². The Morgan fingerprint density at radius 2 is 2.17 bits per heavy atom. The highest BCUT2D eigenvalue weighted by molar-refractivity contribution is 9.11. The van der Waals surface area contributed by atoms with Crippen LogP contribution in [0.2, 0.25) is 0 Å². The molecule has 4 nitrogen and oxygen atoms in total. The highest BCUT2D eigenvalue weighted by Gasteiger charge is 2.11. The zero-order valence-electron chi connectivity index (χ0n) is 10.3. The van der Waals surface area contributed by atoms with Gasteiger partial charge in [-0.05, 0) is 41.4 Å². The second kappa shape index (κ2) is 7.11. The van der Waals surface area contributed by atoms with Crippen LogP contribution in [0.4, 0.5) is 11.4 Å². The molecule has 18 heavy (non-hydrogen) atoms. The largest absolute Gasteiger partial charge is 0.397 e. The molecule has 3 N–H and O–H groups in total. The van der Waals surface area contributed by atoms with Crippen LogP contribution in [-0.2, 0) is 9.53 Å². The summed E-state index contributed by atoms with van der Waals surface area (Å²) in [5.41, 5.74) is 6.98. The van der Waals surface area contributed by atoms with Crippen molar-refractivity contribution in [1.82, 2.24) is 0 Å². The normalized spacial score (nSPS) is 12.2. The van der Waals surface area contributed by atoms with E-state index in [0.717, 1.165) is 8.95 Å². The summed E-state index contributed by atoms with van der Waals surface area (Å²) in [6.45, 7) is 1.93. The number of ether oxygens (including phenoxy) is 1. The highest BCUT2D eigenvalue weighted by Crippen LogP contribution is 2.32. The maximum atomic E-state index is 11.8. The van der Waals surface area contributed by atoms with Crippen LogP contribution in [0.1, 0.15) is 19.8 Å². The van der Waals surface area contributed by atoms with E-state index in [1.54, 1.807) is 13.2 Å². The summed E-state index contributed by atoms with van der Waals surface area (Å²) in [7, 11) is 1.63. The first-order valence-corrected chi connectivity index (χ1v) is 7.09. The minimum Gasteiger partial charge on any atom is -0.397 e. The molecule has 0 saturated heterocycles. The van der Waals surface area contributed by atoms with Crippen molar-refractivity contribution in [2.45, 2.75) is 25.9 Å². The van der Waals surface area contributed by atoms with E-state index in [4.69, 9.17) is 10.5 Å². The molecular weight excluding hydrogens is 364 g/mol. The minimum absolute atomic E-state index is 0.0708. The number of nitrogens with two attached hydrogens (primary N) is 1. The lowest BCUT2D eigenvalue weighted by Gasteiger charge is -2.12. The van der Waals surface area contributed by atoms with Gasteiger partial charge in [-0.2, -0.15) is 0 Å². The fraction of sp³-hybridized carbons (Fsp3) is 0.417. The minimum atomic E-state index is -0.0753. The summed E-state index contributed by atoms with van der Waals surface area (Å²) in [5.74, 6) is -0.0753. The maximum absolute atomic E-state index is 11.8. The van der Waals surface area contributed by atoms with Crippen molar-refractivity contribution in [2.75, 3.05) is 18.2 Å². The molecule has 0 fully saturated rings. The van der Waals surface area contributed by atoms with E-state index in [2.05, 4.69) is 37.2 Å². The first kappa shape index (κ1) is 15.5. The Hall–Kier alpha value is -0.590. The van der Waals surface area contributed by atoms with Crippen LogP contribution in [0.15, 0.2) is 21.1 Å². The fourth-order valence-corrected chi connectivity index (χ4v) is 2.74. The molecule has 0 aromatic heterocycles. The Bertz CT molecular complexity index is 415. The van der Waals surface area contributed by atoms with Crippen LogP contribution in [-0.4, -0.2) is 19.1 Å². The van der Waals surface area contributed by atoms with Gasteiger partial charge in [-0.3, -0.25) is 4.79 Å². The van der Waals surface area contributed by atoms with E-state index in [1.807, 2.05) is 13.0 Å². The number of nitrogens with one attached hydrogen (secondary N) is 1. The number of benzene rings is 1. The molecule has 0 aliphatic rings. The molecule has 1 unspecified atom stereocenters. The lowest BCUT2D eigenvalue weighted by Crippen LogP contribution is -2.16. The van der Waals surface area contributed by atoms with Gasteiger partial charge in [-0.1, -0.05) is 15.9 Å². The van der Waals surface area contributed by atoms with Gasteiger partial charge in [0.05, 0.1) is 17.5 Å². The van der Waals surface area contributed by atoms with Crippen molar-refractivity contribution in [2.24, 2.45) is 0 Å². The van der Waals surface area contributed by atoms with Crippen LogP contribution < -0.4 is 11.1 Å². The summed E-state index contributed by atoms with van der Waals surface area (Å²) in [6.07, 6.45) is 1.15. The molecule has 0 bridgehead atoms. The van der Waals surface area contributed by atoms with Crippen LogP contribution in [0.5, 0.6) is 0 Å². The standard InChI is InChI=1S/C12H16Br2N2O2/c1-7(18-2)3-4-11(17)16-12-9(14)5-8(13)6-10(12)15/h5-7H,3-4,15H2,1-2H3,(H,16,17). The van der Waals surface area contributed by atoms with Crippen LogP contribution in [0.3, 0.4) is 0 Å². The van der Waals surface area contributed by atoms with Crippen LogP contribution in [0.25, 0.3) is 0 Å². The van der Waals surface area contributed by atoms with Crippen LogP contribution in [0, 0.1) is 0 Å². The van der Waals surface area contributed by atoms with E-state index in [9.17, 15) is 4.79 Å². The van der Waals surface area contributed by atoms with Gasteiger partial charge in [-0.15, -0.1) is 0 Å². The molecule has 1 aromatic rings. The average Bonchev–Trinajstić information content (AvgIpc) is 2.30. The summed E-state index contributed by atoms with van der Waals surface area (Å²) < 4.78 is 6.71. The van der Waals surface area contributed by atoms with E-state index < -0.39 is 0 Å². The molecule has 1 atom stereocenters. The van der Waals surface area contributed by atoms with Crippen molar-refractivity contribution < 1.29 is 9.53 Å². The van der Waals surface area contributed by atoms with E-state index in [1.165, 1.54) is 0 Å². The van der Waals surface area contributed by atoms with Gasteiger partial charge in [0, 0.05) is 22.5 Å². The van der Waals surface area contributed by atoms with Gasteiger partial charge < -0.3 is 15.8 Å². The third kappa shape index (κ3) is 4.59. The third-order valence-corrected chi connectivity index (χ3v) is 3.61. The quantitative estimate of drug-likeness (QED) is 0.769. The molecule has 1 amide bonds.